The summed E-state index contributed by atoms with van der Waals surface area (Å²) < 4.78 is 3.23. The predicted molar refractivity (Wildman–Crippen MR) is 114 cm³/mol. The molecule has 136 valence electrons. The van der Waals surface area contributed by atoms with Crippen LogP contribution in [0.2, 0.25) is 10.2 Å². The SMILES string of the molecule is Clc1ccccc1Cc1cccc2c1NC(=NCc1cccnc1Cl)NS2. The molecule has 0 saturated heterocycles. The Morgan fingerprint density at radius 1 is 0.926 bits per heavy atom. The number of nitrogens with one attached hydrogen (secondary N) is 2. The lowest BCUT2D eigenvalue weighted by Gasteiger charge is -2.23. The molecule has 4 rings (SSSR count). The number of para-hydroxylation sites is 1. The van der Waals surface area contributed by atoms with Gasteiger partial charge in [0.1, 0.15) is 5.15 Å². The first-order valence-electron chi connectivity index (χ1n) is 8.40. The Balaban J connectivity index is 1.57. The van der Waals surface area contributed by atoms with E-state index in [9.17, 15) is 0 Å². The molecule has 27 heavy (non-hydrogen) atoms. The summed E-state index contributed by atoms with van der Waals surface area (Å²) in [5.41, 5.74) is 4.20. The average Bonchev–Trinajstić information content (AvgIpc) is 2.69. The molecule has 0 saturated carbocycles. The summed E-state index contributed by atoms with van der Waals surface area (Å²) in [5, 5.41) is 4.66. The van der Waals surface area contributed by atoms with Gasteiger partial charge in [0.25, 0.3) is 0 Å². The number of pyridine rings is 1. The Morgan fingerprint density at radius 2 is 1.74 bits per heavy atom. The minimum atomic E-state index is 0.449. The molecule has 2 heterocycles. The maximum atomic E-state index is 6.34. The maximum absolute atomic E-state index is 6.34. The topological polar surface area (TPSA) is 49.3 Å². The van der Waals surface area contributed by atoms with Gasteiger partial charge in [0.15, 0.2) is 0 Å². The van der Waals surface area contributed by atoms with Crippen LogP contribution in [0, 0.1) is 0 Å². The summed E-state index contributed by atoms with van der Waals surface area (Å²) in [4.78, 5) is 9.81. The molecule has 0 radical (unpaired) electrons. The standard InChI is InChI=1S/C20H16Cl2N4S/c21-16-8-2-1-5-13(16)11-14-6-3-9-17-18(14)25-20(26-27-17)24-12-15-7-4-10-23-19(15)22/h1-10H,11-12H2,(H2,24,25,26). The molecule has 0 bridgehead atoms. The van der Waals surface area contributed by atoms with Crippen LogP contribution in [0.3, 0.4) is 0 Å². The van der Waals surface area contributed by atoms with E-state index in [-0.39, 0.29) is 0 Å². The molecule has 7 heteroatoms. The number of nitrogens with zero attached hydrogens (tertiary/aromatic N) is 2. The van der Waals surface area contributed by atoms with Crippen LogP contribution >= 0.6 is 35.1 Å². The zero-order valence-corrected chi connectivity index (χ0v) is 16.6. The highest BCUT2D eigenvalue weighted by molar-refractivity contribution is 7.98. The van der Waals surface area contributed by atoms with Crippen LogP contribution in [0.1, 0.15) is 16.7 Å². The molecule has 0 spiro atoms. The molecule has 0 unspecified atom stereocenters. The number of aliphatic imine (C=N–C) groups is 1. The quantitative estimate of drug-likeness (QED) is 0.433. The van der Waals surface area contributed by atoms with Crippen molar-refractivity contribution in [2.45, 2.75) is 17.9 Å². The molecule has 0 aliphatic carbocycles. The van der Waals surface area contributed by atoms with Crippen molar-refractivity contribution in [3.05, 3.63) is 87.7 Å². The second-order valence-corrected chi connectivity index (χ2v) is 7.62. The third kappa shape index (κ3) is 4.21. The third-order valence-corrected chi connectivity index (χ3v) is 5.76. The summed E-state index contributed by atoms with van der Waals surface area (Å²) in [5.74, 6) is 0.694. The fraction of sp³-hybridized carbons (Fsp3) is 0.100. The number of halogens is 2. The lowest BCUT2D eigenvalue weighted by atomic mass is 10.0. The van der Waals surface area contributed by atoms with Crippen LogP contribution in [0.4, 0.5) is 5.69 Å². The van der Waals surface area contributed by atoms with Gasteiger partial charge in [-0.1, -0.05) is 59.6 Å². The highest BCUT2D eigenvalue weighted by atomic mass is 35.5. The first-order valence-corrected chi connectivity index (χ1v) is 9.97. The predicted octanol–water partition coefficient (Wildman–Crippen LogP) is 5.56. The van der Waals surface area contributed by atoms with Crippen LogP contribution in [0.5, 0.6) is 0 Å². The smallest absolute Gasteiger partial charge is 0.206 e. The zero-order chi connectivity index (χ0) is 18.6. The number of rotatable bonds is 4. The van der Waals surface area contributed by atoms with E-state index in [1.807, 2.05) is 30.3 Å². The molecular weight excluding hydrogens is 399 g/mol. The first kappa shape index (κ1) is 18.2. The van der Waals surface area contributed by atoms with Crippen LogP contribution < -0.4 is 10.0 Å². The fourth-order valence-electron chi connectivity index (χ4n) is 2.82. The molecule has 2 N–H and O–H groups in total. The van der Waals surface area contributed by atoms with E-state index in [1.165, 1.54) is 5.56 Å². The molecule has 2 aromatic carbocycles. The summed E-state index contributed by atoms with van der Waals surface area (Å²) in [6, 6.07) is 17.9. The van der Waals surface area contributed by atoms with E-state index in [0.717, 1.165) is 33.2 Å². The van der Waals surface area contributed by atoms with Crippen LogP contribution in [-0.4, -0.2) is 10.9 Å². The lowest BCUT2D eigenvalue weighted by molar-refractivity contribution is 1.03. The Bertz CT molecular complexity index is 1010. The van der Waals surface area contributed by atoms with E-state index in [1.54, 1.807) is 18.1 Å². The monoisotopic (exact) mass is 414 g/mol. The first-order chi connectivity index (χ1) is 13.2. The van der Waals surface area contributed by atoms with Gasteiger partial charge in [0.05, 0.1) is 17.1 Å². The molecule has 1 aliphatic heterocycles. The third-order valence-electron chi connectivity index (χ3n) is 4.20. The molecule has 1 aliphatic rings. The molecular formula is C20H16Cl2N4S. The second-order valence-electron chi connectivity index (χ2n) is 6.01. The summed E-state index contributed by atoms with van der Waals surface area (Å²) in [6.07, 6.45) is 2.42. The van der Waals surface area contributed by atoms with E-state index in [2.05, 4.69) is 44.3 Å². The molecule has 0 amide bonds. The van der Waals surface area contributed by atoms with Crippen molar-refractivity contribution in [3.63, 3.8) is 0 Å². The van der Waals surface area contributed by atoms with Crippen molar-refractivity contribution in [2.24, 2.45) is 4.99 Å². The number of anilines is 1. The van der Waals surface area contributed by atoms with Crippen molar-refractivity contribution in [3.8, 4) is 0 Å². The van der Waals surface area contributed by atoms with Gasteiger partial charge in [0.2, 0.25) is 5.96 Å². The number of aromatic nitrogens is 1. The van der Waals surface area contributed by atoms with Gasteiger partial charge in [-0.2, -0.15) is 0 Å². The Hall–Kier alpha value is -2.21. The fourth-order valence-corrected chi connectivity index (χ4v) is 3.95. The molecule has 0 atom stereocenters. The van der Waals surface area contributed by atoms with Gasteiger partial charge >= 0.3 is 0 Å². The molecule has 0 fully saturated rings. The van der Waals surface area contributed by atoms with E-state index >= 15 is 0 Å². The lowest BCUT2D eigenvalue weighted by Crippen LogP contribution is -2.30. The molecule has 1 aromatic heterocycles. The normalized spacial score (nSPS) is 14.4. The van der Waals surface area contributed by atoms with E-state index < -0.39 is 0 Å². The van der Waals surface area contributed by atoms with Crippen molar-refractivity contribution < 1.29 is 0 Å². The van der Waals surface area contributed by atoms with Crippen molar-refractivity contribution >= 4 is 46.8 Å². The van der Waals surface area contributed by atoms with Crippen LogP contribution in [0.25, 0.3) is 0 Å². The number of hydrogen-bond acceptors (Lipinski definition) is 3. The minimum absolute atomic E-state index is 0.449. The summed E-state index contributed by atoms with van der Waals surface area (Å²) in [6.45, 7) is 0.449. The molecule has 4 nitrogen and oxygen atoms in total. The number of fused-ring (bicyclic) bond motifs is 1. The van der Waals surface area contributed by atoms with Gasteiger partial charge in [-0.05, 0) is 41.3 Å². The summed E-state index contributed by atoms with van der Waals surface area (Å²) >= 11 is 14.0. The van der Waals surface area contributed by atoms with Crippen molar-refractivity contribution in [1.82, 2.24) is 9.71 Å². The Labute approximate surface area is 172 Å². The van der Waals surface area contributed by atoms with Gasteiger partial charge in [-0.15, -0.1) is 0 Å². The zero-order valence-electron chi connectivity index (χ0n) is 14.2. The largest absolute Gasteiger partial charge is 0.324 e. The van der Waals surface area contributed by atoms with Crippen LogP contribution in [-0.2, 0) is 13.0 Å². The Kier molecular flexibility index (Phi) is 5.53. The Morgan fingerprint density at radius 3 is 2.59 bits per heavy atom. The van der Waals surface area contributed by atoms with Crippen molar-refractivity contribution in [2.75, 3.05) is 5.32 Å². The van der Waals surface area contributed by atoms with Gasteiger partial charge in [0, 0.05) is 23.2 Å². The number of guanidine groups is 1. The number of benzene rings is 2. The van der Waals surface area contributed by atoms with Gasteiger partial charge < -0.3 is 5.32 Å². The van der Waals surface area contributed by atoms with Gasteiger partial charge in [-0.25, -0.2) is 9.98 Å². The van der Waals surface area contributed by atoms with E-state index in [4.69, 9.17) is 23.2 Å². The van der Waals surface area contributed by atoms with Crippen molar-refractivity contribution in [1.29, 1.82) is 0 Å². The average molecular weight is 415 g/mol. The highest BCUT2D eigenvalue weighted by Crippen LogP contribution is 2.34. The summed E-state index contributed by atoms with van der Waals surface area (Å²) in [7, 11) is 0. The second kappa shape index (κ2) is 8.21. The van der Waals surface area contributed by atoms with Gasteiger partial charge in [-0.3, -0.25) is 4.72 Å². The van der Waals surface area contributed by atoms with E-state index in [0.29, 0.717) is 17.7 Å². The maximum Gasteiger partial charge on any atom is 0.206 e. The minimum Gasteiger partial charge on any atom is -0.324 e. The van der Waals surface area contributed by atoms with Crippen LogP contribution in [0.15, 0.2) is 70.7 Å². The number of hydrogen-bond donors (Lipinski definition) is 2. The highest BCUT2D eigenvalue weighted by Gasteiger charge is 2.17. The molecule has 3 aromatic rings.